The molecule has 2 heteroatoms. The SMILES string of the molecule is C=CC(=C)NC1C=CC(Sc2ccc(C)cc2)CC1. The van der Waals surface area contributed by atoms with E-state index in [4.69, 9.17) is 0 Å². The Bertz CT molecular complexity index is 473. The highest BCUT2D eigenvalue weighted by Gasteiger charge is 2.16. The first-order valence-corrected chi connectivity index (χ1v) is 7.55. The van der Waals surface area contributed by atoms with Crippen molar-refractivity contribution in [3.05, 3.63) is 66.9 Å². The van der Waals surface area contributed by atoms with Gasteiger partial charge in [-0.15, -0.1) is 11.8 Å². The summed E-state index contributed by atoms with van der Waals surface area (Å²) in [4.78, 5) is 1.35. The number of hydrogen-bond donors (Lipinski definition) is 1. The van der Waals surface area contributed by atoms with Crippen LogP contribution in [0, 0.1) is 6.92 Å². The van der Waals surface area contributed by atoms with Crippen LogP contribution in [-0.4, -0.2) is 11.3 Å². The maximum atomic E-state index is 3.89. The molecule has 0 aliphatic heterocycles. The Morgan fingerprint density at radius 1 is 1.26 bits per heavy atom. The first-order valence-electron chi connectivity index (χ1n) is 6.67. The molecule has 0 spiro atoms. The van der Waals surface area contributed by atoms with Crippen LogP contribution in [0.5, 0.6) is 0 Å². The van der Waals surface area contributed by atoms with E-state index in [2.05, 4.69) is 61.8 Å². The van der Waals surface area contributed by atoms with Gasteiger partial charge in [-0.05, 0) is 38.0 Å². The largest absolute Gasteiger partial charge is 0.379 e. The van der Waals surface area contributed by atoms with Gasteiger partial charge >= 0.3 is 0 Å². The van der Waals surface area contributed by atoms with Crippen molar-refractivity contribution in [3.63, 3.8) is 0 Å². The Balaban J connectivity index is 1.88. The Morgan fingerprint density at radius 2 is 2.00 bits per heavy atom. The first kappa shape index (κ1) is 14.0. The maximum Gasteiger partial charge on any atom is 0.0445 e. The van der Waals surface area contributed by atoms with E-state index >= 15 is 0 Å². The lowest BCUT2D eigenvalue weighted by atomic mass is 10.0. The molecule has 100 valence electrons. The monoisotopic (exact) mass is 271 g/mol. The van der Waals surface area contributed by atoms with Crippen LogP contribution in [0.1, 0.15) is 18.4 Å². The Labute approximate surface area is 120 Å². The molecule has 1 nitrogen and oxygen atoms in total. The van der Waals surface area contributed by atoms with Crippen molar-refractivity contribution in [1.82, 2.24) is 5.32 Å². The fraction of sp³-hybridized carbons (Fsp3) is 0.294. The second-order valence-electron chi connectivity index (χ2n) is 4.91. The van der Waals surface area contributed by atoms with Crippen LogP contribution < -0.4 is 5.32 Å². The van der Waals surface area contributed by atoms with Gasteiger partial charge in [-0.1, -0.05) is 43.0 Å². The third-order valence-corrected chi connectivity index (χ3v) is 4.49. The average Bonchev–Trinajstić information content (AvgIpc) is 2.43. The number of benzene rings is 1. The van der Waals surface area contributed by atoms with Crippen LogP contribution in [0.25, 0.3) is 0 Å². The lowest BCUT2D eigenvalue weighted by molar-refractivity contribution is 0.581. The van der Waals surface area contributed by atoms with Gasteiger partial charge in [0.25, 0.3) is 0 Å². The van der Waals surface area contributed by atoms with Gasteiger partial charge in [-0.25, -0.2) is 0 Å². The molecule has 2 rings (SSSR count). The van der Waals surface area contributed by atoms with Gasteiger partial charge < -0.3 is 5.32 Å². The number of hydrogen-bond acceptors (Lipinski definition) is 2. The second kappa shape index (κ2) is 6.67. The molecule has 1 aromatic carbocycles. The van der Waals surface area contributed by atoms with Crippen molar-refractivity contribution in [2.45, 2.75) is 36.0 Å². The number of thioether (sulfide) groups is 1. The number of aryl methyl sites for hydroxylation is 1. The summed E-state index contributed by atoms with van der Waals surface area (Å²) >= 11 is 1.94. The van der Waals surface area contributed by atoms with Crippen LogP contribution in [0.3, 0.4) is 0 Å². The molecular formula is C17H21NS. The van der Waals surface area contributed by atoms with Crippen molar-refractivity contribution in [2.24, 2.45) is 0 Å². The summed E-state index contributed by atoms with van der Waals surface area (Å²) in [6.45, 7) is 9.73. The molecule has 0 amide bonds. The zero-order chi connectivity index (χ0) is 13.7. The van der Waals surface area contributed by atoms with Crippen LogP contribution in [0.2, 0.25) is 0 Å². The van der Waals surface area contributed by atoms with E-state index < -0.39 is 0 Å². The van der Waals surface area contributed by atoms with Gasteiger partial charge in [-0.2, -0.15) is 0 Å². The number of nitrogens with one attached hydrogen (secondary N) is 1. The minimum absolute atomic E-state index is 0.403. The quantitative estimate of drug-likeness (QED) is 0.626. The summed E-state index contributed by atoms with van der Waals surface area (Å²) in [5.74, 6) is 0. The highest BCUT2D eigenvalue weighted by atomic mass is 32.2. The first-order chi connectivity index (χ1) is 9.17. The summed E-state index contributed by atoms with van der Waals surface area (Å²) in [6.07, 6.45) is 8.66. The molecule has 0 radical (unpaired) electrons. The summed E-state index contributed by atoms with van der Waals surface area (Å²) < 4.78 is 0. The molecule has 0 aromatic heterocycles. The molecule has 0 heterocycles. The van der Waals surface area contributed by atoms with E-state index in [0.717, 1.165) is 12.1 Å². The van der Waals surface area contributed by atoms with Crippen molar-refractivity contribution in [2.75, 3.05) is 0 Å². The number of rotatable bonds is 5. The molecule has 0 bridgehead atoms. The normalized spacial score (nSPS) is 21.9. The molecule has 0 saturated carbocycles. The van der Waals surface area contributed by atoms with E-state index in [1.165, 1.54) is 16.9 Å². The molecule has 1 aliphatic carbocycles. The summed E-state index contributed by atoms with van der Waals surface area (Å²) in [5, 5.41) is 3.93. The predicted molar refractivity (Wildman–Crippen MR) is 85.5 cm³/mol. The average molecular weight is 271 g/mol. The molecule has 1 N–H and O–H groups in total. The molecule has 1 aliphatic rings. The topological polar surface area (TPSA) is 12.0 Å². The van der Waals surface area contributed by atoms with Crippen LogP contribution in [0.4, 0.5) is 0 Å². The van der Waals surface area contributed by atoms with E-state index in [1.807, 2.05) is 11.8 Å². The predicted octanol–water partition coefficient (Wildman–Crippen LogP) is 4.46. The van der Waals surface area contributed by atoms with Crippen LogP contribution >= 0.6 is 11.8 Å². The van der Waals surface area contributed by atoms with E-state index in [0.29, 0.717) is 11.3 Å². The van der Waals surface area contributed by atoms with Crippen molar-refractivity contribution in [3.8, 4) is 0 Å². The van der Waals surface area contributed by atoms with E-state index in [9.17, 15) is 0 Å². The maximum absolute atomic E-state index is 3.89. The van der Waals surface area contributed by atoms with Gasteiger partial charge in [-0.3, -0.25) is 0 Å². The van der Waals surface area contributed by atoms with Gasteiger partial charge in [0.1, 0.15) is 0 Å². The zero-order valence-electron chi connectivity index (χ0n) is 11.4. The molecule has 2 atom stereocenters. The minimum Gasteiger partial charge on any atom is -0.379 e. The smallest absolute Gasteiger partial charge is 0.0445 e. The Morgan fingerprint density at radius 3 is 2.58 bits per heavy atom. The molecule has 19 heavy (non-hydrogen) atoms. The van der Waals surface area contributed by atoms with E-state index in [1.54, 1.807) is 6.08 Å². The fourth-order valence-electron chi connectivity index (χ4n) is 2.10. The van der Waals surface area contributed by atoms with Gasteiger partial charge in [0.15, 0.2) is 0 Å². The number of allylic oxidation sites excluding steroid dienone is 1. The summed E-state index contributed by atoms with van der Waals surface area (Å²) in [5.41, 5.74) is 2.22. The Hall–Kier alpha value is -1.41. The lowest BCUT2D eigenvalue weighted by Crippen LogP contribution is -2.28. The molecule has 0 saturated heterocycles. The lowest BCUT2D eigenvalue weighted by Gasteiger charge is -2.24. The van der Waals surface area contributed by atoms with E-state index in [-0.39, 0.29) is 0 Å². The third-order valence-electron chi connectivity index (χ3n) is 3.25. The standard InChI is InChI=1S/C17H21NS/c1-4-14(3)18-15-7-11-17(12-8-15)19-16-9-5-13(2)6-10-16/h4-7,9-11,15,17-18H,1,3,8,12H2,2H3. The van der Waals surface area contributed by atoms with Gasteiger partial charge in [0.2, 0.25) is 0 Å². The molecule has 2 unspecified atom stereocenters. The highest BCUT2D eigenvalue weighted by Crippen LogP contribution is 2.30. The second-order valence-corrected chi connectivity index (χ2v) is 6.22. The zero-order valence-corrected chi connectivity index (χ0v) is 12.2. The summed E-state index contributed by atoms with van der Waals surface area (Å²) in [7, 11) is 0. The summed E-state index contributed by atoms with van der Waals surface area (Å²) in [6, 6.07) is 9.16. The molecule has 1 aromatic rings. The fourth-order valence-corrected chi connectivity index (χ4v) is 3.17. The van der Waals surface area contributed by atoms with Crippen molar-refractivity contribution < 1.29 is 0 Å². The third kappa shape index (κ3) is 4.32. The minimum atomic E-state index is 0.403. The van der Waals surface area contributed by atoms with Gasteiger partial charge in [0, 0.05) is 21.9 Å². The molecule has 0 fully saturated rings. The van der Waals surface area contributed by atoms with Crippen LogP contribution in [0.15, 0.2) is 66.2 Å². The van der Waals surface area contributed by atoms with Gasteiger partial charge in [0.05, 0.1) is 0 Å². The highest BCUT2D eigenvalue weighted by molar-refractivity contribution is 8.00. The van der Waals surface area contributed by atoms with Crippen molar-refractivity contribution >= 4 is 11.8 Å². The van der Waals surface area contributed by atoms with Crippen LogP contribution in [-0.2, 0) is 0 Å². The Kier molecular flexibility index (Phi) is 4.92. The molecular weight excluding hydrogens is 250 g/mol. The van der Waals surface area contributed by atoms with Crippen molar-refractivity contribution in [1.29, 1.82) is 0 Å².